The molecular weight excluding hydrogens is 246 g/mol. The molecule has 0 bridgehead atoms. The minimum Gasteiger partial charge on any atom is -0.380 e. The maximum Gasteiger partial charge on any atom is 0.315 e. The van der Waals surface area contributed by atoms with E-state index >= 15 is 0 Å². The highest BCUT2D eigenvalue weighted by molar-refractivity contribution is 5.77. The van der Waals surface area contributed by atoms with Crippen LogP contribution in [0, 0.1) is 10.1 Å². The van der Waals surface area contributed by atoms with Gasteiger partial charge >= 0.3 is 5.69 Å². The number of rotatable bonds is 4. The van der Waals surface area contributed by atoms with Gasteiger partial charge in [0.25, 0.3) is 0 Å². The number of hydrogen-bond acceptors (Lipinski definition) is 5. The summed E-state index contributed by atoms with van der Waals surface area (Å²) in [5.41, 5.74) is 1.39. The third-order valence-electron chi connectivity index (χ3n) is 3.24. The molecule has 1 aliphatic heterocycles. The summed E-state index contributed by atoms with van der Waals surface area (Å²) < 4.78 is 5.38. The molecule has 1 aliphatic rings. The Morgan fingerprint density at radius 2 is 2.37 bits per heavy atom. The lowest BCUT2D eigenvalue weighted by molar-refractivity contribution is -0.383. The van der Waals surface area contributed by atoms with E-state index in [0.717, 1.165) is 0 Å². The predicted molar refractivity (Wildman–Crippen MR) is 74.9 cm³/mol. The van der Waals surface area contributed by atoms with E-state index in [1.54, 1.807) is 12.1 Å². The number of nitrogens with zero attached hydrogens (tertiary/aromatic N) is 2. The molecule has 0 saturated carbocycles. The van der Waals surface area contributed by atoms with Gasteiger partial charge in [-0.1, -0.05) is 6.07 Å². The first-order valence-corrected chi connectivity index (χ1v) is 6.50. The fraction of sp³-hybridized carbons (Fsp3) is 0.538. The molecule has 1 aromatic rings. The number of morpholine rings is 1. The Morgan fingerprint density at radius 1 is 1.58 bits per heavy atom. The van der Waals surface area contributed by atoms with Crippen molar-refractivity contribution >= 4 is 17.1 Å². The zero-order valence-corrected chi connectivity index (χ0v) is 11.3. The molecule has 2 rings (SSSR count). The lowest BCUT2D eigenvalue weighted by Crippen LogP contribution is -2.44. The topological polar surface area (TPSA) is 67.6 Å². The molecule has 1 aromatic carbocycles. The number of nitro benzene ring substituents is 1. The summed E-state index contributed by atoms with van der Waals surface area (Å²) in [6.45, 7) is 6.48. The lowest BCUT2D eigenvalue weighted by atomic mass is 10.1. The summed E-state index contributed by atoms with van der Waals surface area (Å²) >= 11 is 0. The number of hydrogen-bond donors (Lipinski definition) is 1. The summed E-state index contributed by atoms with van der Waals surface area (Å²) in [5.74, 6) is 0. The second kappa shape index (κ2) is 5.88. The van der Waals surface area contributed by atoms with Gasteiger partial charge in [-0.3, -0.25) is 10.1 Å². The van der Waals surface area contributed by atoms with Crippen LogP contribution in [0.1, 0.15) is 13.8 Å². The molecule has 0 amide bonds. The van der Waals surface area contributed by atoms with E-state index in [0.29, 0.717) is 37.7 Å². The molecule has 1 atom stereocenters. The molecular formula is C13H19N3O3. The summed E-state index contributed by atoms with van der Waals surface area (Å²) in [6, 6.07) is 5.55. The van der Waals surface area contributed by atoms with E-state index in [-0.39, 0.29) is 16.7 Å². The van der Waals surface area contributed by atoms with Crippen molar-refractivity contribution in [3.05, 3.63) is 28.3 Å². The van der Waals surface area contributed by atoms with Gasteiger partial charge in [-0.25, -0.2) is 0 Å². The van der Waals surface area contributed by atoms with Crippen LogP contribution in [0.5, 0.6) is 0 Å². The molecule has 0 radical (unpaired) electrons. The fourth-order valence-corrected chi connectivity index (χ4v) is 2.37. The van der Waals surface area contributed by atoms with Crippen LogP contribution in [-0.2, 0) is 4.74 Å². The van der Waals surface area contributed by atoms with E-state index in [1.807, 2.05) is 24.8 Å². The normalized spacial score (nSPS) is 19.3. The minimum absolute atomic E-state index is 0.143. The average molecular weight is 265 g/mol. The van der Waals surface area contributed by atoms with Crippen molar-refractivity contribution in [2.75, 3.05) is 36.5 Å². The Bertz CT molecular complexity index is 464. The van der Waals surface area contributed by atoms with Gasteiger partial charge in [0.2, 0.25) is 0 Å². The van der Waals surface area contributed by atoms with Crippen molar-refractivity contribution in [2.24, 2.45) is 0 Å². The maximum atomic E-state index is 11.4. The molecule has 6 nitrogen and oxygen atoms in total. The second-order valence-electron chi connectivity index (χ2n) is 4.58. The van der Waals surface area contributed by atoms with Crippen LogP contribution in [0.4, 0.5) is 17.1 Å². The van der Waals surface area contributed by atoms with E-state index in [1.165, 1.54) is 0 Å². The third kappa shape index (κ3) is 2.78. The number of anilines is 2. The van der Waals surface area contributed by atoms with Crippen LogP contribution >= 0.6 is 0 Å². The molecule has 0 spiro atoms. The van der Waals surface area contributed by atoms with Crippen molar-refractivity contribution in [1.29, 1.82) is 0 Å². The van der Waals surface area contributed by atoms with E-state index in [9.17, 15) is 10.1 Å². The van der Waals surface area contributed by atoms with Gasteiger partial charge in [0.15, 0.2) is 0 Å². The molecule has 6 heteroatoms. The molecule has 1 saturated heterocycles. The predicted octanol–water partition coefficient (Wildman–Crippen LogP) is 2.25. The molecule has 0 aliphatic carbocycles. The van der Waals surface area contributed by atoms with Gasteiger partial charge in [-0.15, -0.1) is 0 Å². The van der Waals surface area contributed by atoms with Crippen molar-refractivity contribution in [1.82, 2.24) is 0 Å². The largest absolute Gasteiger partial charge is 0.380 e. The highest BCUT2D eigenvalue weighted by Crippen LogP contribution is 2.36. The quantitative estimate of drug-likeness (QED) is 0.668. The smallest absolute Gasteiger partial charge is 0.315 e. The van der Waals surface area contributed by atoms with Crippen LogP contribution in [-0.4, -0.2) is 37.3 Å². The van der Waals surface area contributed by atoms with Crippen LogP contribution < -0.4 is 10.2 Å². The first-order chi connectivity index (χ1) is 9.15. The molecule has 1 N–H and O–H groups in total. The minimum atomic E-state index is -0.310. The SMILES string of the molecule is CCNc1cccc(N2CCOCC2C)c1[N+](=O)[O-]. The molecule has 0 aromatic heterocycles. The Balaban J connectivity index is 2.43. The third-order valence-corrected chi connectivity index (χ3v) is 3.24. The van der Waals surface area contributed by atoms with Gasteiger partial charge < -0.3 is 15.0 Å². The van der Waals surface area contributed by atoms with Gasteiger partial charge in [-0.2, -0.15) is 0 Å². The molecule has 1 fully saturated rings. The highest BCUT2D eigenvalue weighted by Gasteiger charge is 2.28. The summed E-state index contributed by atoms with van der Waals surface area (Å²) in [4.78, 5) is 13.1. The molecule has 19 heavy (non-hydrogen) atoms. The summed E-state index contributed by atoms with van der Waals surface area (Å²) in [6.07, 6.45) is 0. The highest BCUT2D eigenvalue weighted by atomic mass is 16.6. The van der Waals surface area contributed by atoms with Gasteiger partial charge in [0.05, 0.1) is 18.1 Å². The van der Waals surface area contributed by atoms with Crippen LogP contribution in [0.2, 0.25) is 0 Å². The fourth-order valence-electron chi connectivity index (χ4n) is 2.37. The first-order valence-electron chi connectivity index (χ1n) is 6.50. The number of ether oxygens (including phenoxy) is 1. The maximum absolute atomic E-state index is 11.4. The summed E-state index contributed by atoms with van der Waals surface area (Å²) in [7, 11) is 0. The Labute approximate surface area is 112 Å². The van der Waals surface area contributed by atoms with Crippen molar-refractivity contribution in [3.63, 3.8) is 0 Å². The van der Waals surface area contributed by atoms with Crippen LogP contribution in [0.3, 0.4) is 0 Å². The second-order valence-corrected chi connectivity index (χ2v) is 4.58. The Kier molecular flexibility index (Phi) is 4.21. The lowest BCUT2D eigenvalue weighted by Gasteiger charge is -2.35. The molecule has 104 valence electrons. The number of para-hydroxylation sites is 1. The van der Waals surface area contributed by atoms with Crippen molar-refractivity contribution < 1.29 is 9.66 Å². The monoisotopic (exact) mass is 265 g/mol. The van der Waals surface area contributed by atoms with Crippen LogP contribution in [0.25, 0.3) is 0 Å². The zero-order valence-electron chi connectivity index (χ0n) is 11.3. The van der Waals surface area contributed by atoms with Crippen molar-refractivity contribution in [3.8, 4) is 0 Å². The van der Waals surface area contributed by atoms with Gasteiger partial charge in [0.1, 0.15) is 11.4 Å². The van der Waals surface area contributed by atoms with Crippen LogP contribution in [0.15, 0.2) is 18.2 Å². The van der Waals surface area contributed by atoms with E-state index in [4.69, 9.17) is 4.74 Å². The standard InChI is InChI=1S/C13H19N3O3/c1-3-14-11-5-4-6-12(13(11)16(17)18)15-7-8-19-9-10(15)2/h4-6,10,14H,3,7-9H2,1-2H3. The van der Waals surface area contributed by atoms with Crippen molar-refractivity contribution in [2.45, 2.75) is 19.9 Å². The number of benzene rings is 1. The van der Waals surface area contributed by atoms with E-state index < -0.39 is 0 Å². The molecule has 1 unspecified atom stereocenters. The Morgan fingerprint density at radius 3 is 3.00 bits per heavy atom. The van der Waals surface area contributed by atoms with Gasteiger partial charge in [-0.05, 0) is 26.0 Å². The number of nitro groups is 1. The summed E-state index contributed by atoms with van der Waals surface area (Å²) in [5, 5.41) is 14.4. The first kappa shape index (κ1) is 13.6. The average Bonchev–Trinajstić information content (AvgIpc) is 2.39. The van der Waals surface area contributed by atoms with E-state index in [2.05, 4.69) is 5.32 Å². The molecule has 1 heterocycles. The number of nitrogens with one attached hydrogen (secondary N) is 1. The zero-order chi connectivity index (χ0) is 13.8. The Hall–Kier alpha value is -1.82. The van der Waals surface area contributed by atoms with Gasteiger partial charge in [0, 0.05) is 19.1 Å².